The van der Waals surface area contributed by atoms with Gasteiger partial charge in [0.25, 0.3) is 0 Å². The fraction of sp³-hybridized carbons (Fsp3) is 0.538. The van der Waals surface area contributed by atoms with Gasteiger partial charge in [0.2, 0.25) is 11.8 Å². The number of fused-ring (bicyclic) bond motifs is 3. The number of rotatable bonds is 8. The van der Waals surface area contributed by atoms with Crippen LogP contribution in [0.15, 0.2) is 0 Å². The Morgan fingerprint density at radius 2 is 0.947 bits per heavy atom. The van der Waals surface area contributed by atoms with E-state index in [1.54, 1.807) is 13.8 Å². The van der Waals surface area contributed by atoms with Crippen LogP contribution in [0, 0.1) is 0 Å². The number of methoxy groups -OCH3 is 2. The van der Waals surface area contributed by atoms with Crippen molar-refractivity contribution in [2.75, 3.05) is 27.4 Å². The molecule has 2 aliphatic rings. The highest BCUT2D eigenvalue weighted by Crippen LogP contribution is 2.45. The molecule has 12 heteroatoms. The smallest absolute Gasteiger partial charge is 0.339 e. The number of hydrogen-bond acceptors (Lipinski definition) is 10. The lowest BCUT2D eigenvalue weighted by Gasteiger charge is -2.27. The van der Waals surface area contributed by atoms with Gasteiger partial charge in [-0.3, -0.25) is 9.59 Å². The third kappa shape index (κ3) is 4.82. The van der Waals surface area contributed by atoms with Crippen molar-refractivity contribution >= 4 is 35.7 Å². The van der Waals surface area contributed by atoms with Crippen LogP contribution in [-0.4, -0.2) is 74.2 Å². The van der Waals surface area contributed by atoms with Crippen molar-refractivity contribution in [2.45, 2.75) is 64.5 Å². The van der Waals surface area contributed by atoms with Gasteiger partial charge in [0.05, 0.1) is 38.6 Å². The van der Waals surface area contributed by atoms with E-state index in [9.17, 15) is 28.8 Å². The summed E-state index contributed by atoms with van der Waals surface area (Å²) >= 11 is 0. The van der Waals surface area contributed by atoms with Gasteiger partial charge >= 0.3 is 23.9 Å². The molecule has 0 fully saturated rings. The molecule has 0 aromatic heterocycles. The topological polar surface area (TPSA) is 163 Å². The van der Waals surface area contributed by atoms with Gasteiger partial charge in [-0.1, -0.05) is 0 Å². The van der Waals surface area contributed by atoms with E-state index in [-0.39, 0.29) is 50.0 Å². The van der Waals surface area contributed by atoms with Crippen molar-refractivity contribution in [1.82, 2.24) is 10.6 Å². The second-order valence-corrected chi connectivity index (χ2v) is 9.32. The summed E-state index contributed by atoms with van der Waals surface area (Å²) in [4.78, 5) is 77.0. The molecular weight excluding hydrogens is 500 g/mol. The molecule has 2 atom stereocenters. The van der Waals surface area contributed by atoms with Gasteiger partial charge in [-0.05, 0) is 36.1 Å². The average Bonchev–Trinajstić information content (AvgIpc) is 3.41. The molecule has 0 saturated heterocycles. The molecule has 38 heavy (non-hydrogen) atoms. The number of carbonyl (C=O) groups is 6. The Kier molecular flexibility index (Phi) is 8.13. The van der Waals surface area contributed by atoms with Crippen molar-refractivity contribution in [2.24, 2.45) is 0 Å². The monoisotopic (exact) mass is 532 g/mol. The molecule has 0 radical (unpaired) electrons. The Labute approximate surface area is 219 Å². The maximum absolute atomic E-state index is 13.3. The Morgan fingerprint density at radius 3 is 1.21 bits per heavy atom. The van der Waals surface area contributed by atoms with Gasteiger partial charge in [0.1, 0.15) is 11.1 Å². The minimum Gasteiger partial charge on any atom is -0.467 e. The van der Waals surface area contributed by atoms with Gasteiger partial charge in [-0.15, -0.1) is 0 Å². The number of carbonyl (C=O) groups excluding carboxylic acids is 6. The minimum atomic E-state index is -1.57. The van der Waals surface area contributed by atoms with Gasteiger partial charge in [-0.25, -0.2) is 19.2 Å². The Morgan fingerprint density at radius 1 is 0.632 bits per heavy atom. The summed E-state index contributed by atoms with van der Waals surface area (Å²) in [5.41, 5.74) is -1.82. The first-order valence-electron chi connectivity index (χ1n) is 12.2. The number of ether oxygens (including phenoxy) is 4. The molecule has 0 aliphatic heterocycles. The lowest BCUT2D eigenvalue weighted by Crippen LogP contribution is -2.56. The first-order chi connectivity index (χ1) is 17.9. The molecule has 206 valence electrons. The molecule has 2 aliphatic carbocycles. The third-order valence-corrected chi connectivity index (χ3v) is 6.80. The number of esters is 4. The molecule has 1 aromatic carbocycles. The van der Waals surface area contributed by atoms with Crippen LogP contribution >= 0.6 is 0 Å². The Balaban J connectivity index is 2.41. The van der Waals surface area contributed by atoms with Gasteiger partial charge in [-0.2, -0.15) is 0 Å². The Hall–Kier alpha value is -3.96. The van der Waals surface area contributed by atoms with Crippen LogP contribution in [0.4, 0.5) is 0 Å². The first kappa shape index (κ1) is 28.6. The molecule has 0 spiro atoms. The SMILES string of the molecule is CCOC(=O)c1c2c(c3c(c1C(=O)OCC)C[C@](NC(C)=O)(C(=O)OC)C3)C[C@@](NC(C)=O)(C(=O)OC)C2. The number of benzene rings is 1. The van der Waals surface area contributed by atoms with Crippen LogP contribution in [0.2, 0.25) is 0 Å². The molecule has 2 amide bonds. The molecule has 0 heterocycles. The number of nitrogens with one attached hydrogen (secondary N) is 2. The maximum atomic E-state index is 13.3. The second kappa shape index (κ2) is 10.8. The first-order valence-corrected chi connectivity index (χ1v) is 12.2. The summed E-state index contributed by atoms with van der Waals surface area (Å²) in [6.45, 7) is 5.69. The summed E-state index contributed by atoms with van der Waals surface area (Å²) in [6.07, 6.45) is -0.505. The average molecular weight is 533 g/mol. The summed E-state index contributed by atoms with van der Waals surface area (Å²) in [5.74, 6) is -4.16. The van der Waals surface area contributed by atoms with E-state index in [0.717, 1.165) is 0 Å². The highest BCUT2D eigenvalue weighted by atomic mass is 16.5. The zero-order valence-corrected chi connectivity index (χ0v) is 22.3. The highest BCUT2D eigenvalue weighted by molar-refractivity contribution is 6.07. The van der Waals surface area contributed by atoms with E-state index in [1.165, 1.54) is 28.1 Å². The maximum Gasteiger partial charge on any atom is 0.339 e. The van der Waals surface area contributed by atoms with Gasteiger partial charge in [0.15, 0.2) is 0 Å². The zero-order valence-electron chi connectivity index (χ0n) is 22.3. The molecule has 12 nitrogen and oxygen atoms in total. The molecule has 1 aromatic rings. The fourth-order valence-electron chi connectivity index (χ4n) is 5.61. The van der Waals surface area contributed by atoms with Crippen LogP contribution < -0.4 is 10.6 Å². The summed E-state index contributed by atoms with van der Waals surface area (Å²) < 4.78 is 20.6. The predicted octanol–water partition coefficient (Wildman–Crippen LogP) is 0.333. The van der Waals surface area contributed by atoms with Crippen LogP contribution in [-0.2, 0) is 63.8 Å². The normalized spacial score (nSPS) is 21.0. The molecule has 3 rings (SSSR count). The Bertz CT molecular complexity index is 1130. The zero-order chi connectivity index (χ0) is 28.4. The van der Waals surface area contributed by atoms with Crippen LogP contribution in [0.1, 0.15) is 70.7 Å². The number of amides is 2. The van der Waals surface area contributed by atoms with Crippen molar-refractivity contribution in [1.29, 1.82) is 0 Å². The van der Waals surface area contributed by atoms with E-state index in [0.29, 0.717) is 22.3 Å². The van der Waals surface area contributed by atoms with Crippen LogP contribution in [0.3, 0.4) is 0 Å². The minimum absolute atomic E-state index is 0.00120. The van der Waals surface area contributed by atoms with E-state index < -0.39 is 46.8 Å². The largest absolute Gasteiger partial charge is 0.467 e. The van der Waals surface area contributed by atoms with E-state index in [2.05, 4.69) is 10.6 Å². The molecule has 0 saturated carbocycles. The standard InChI is InChI=1S/C26H32N2O10/c1-7-37-21(31)19-17-11-25(23(33)35-5,27-13(3)29)9-15(17)16-10-26(24(34)36-6,28-14(4)30)12-18(16)20(19)22(32)38-8-2/h7-12H2,1-6H3,(H,27,29)(H,28,30)/t25-,26-/m0/s1. The van der Waals surface area contributed by atoms with Crippen LogP contribution in [0.5, 0.6) is 0 Å². The lowest BCUT2D eigenvalue weighted by atomic mass is 9.89. The molecule has 0 bridgehead atoms. The lowest BCUT2D eigenvalue weighted by molar-refractivity contribution is -0.150. The van der Waals surface area contributed by atoms with Gasteiger partial charge < -0.3 is 29.6 Å². The number of hydrogen-bond donors (Lipinski definition) is 2. The molecular formula is C26H32N2O10. The molecule has 2 N–H and O–H groups in total. The van der Waals surface area contributed by atoms with Gasteiger partial charge in [0, 0.05) is 39.5 Å². The van der Waals surface area contributed by atoms with Crippen LogP contribution in [0.25, 0.3) is 0 Å². The van der Waals surface area contributed by atoms with Crippen molar-refractivity contribution in [3.8, 4) is 0 Å². The van der Waals surface area contributed by atoms with E-state index in [4.69, 9.17) is 18.9 Å². The van der Waals surface area contributed by atoms with Crippen molar-refractivity contribution in [3.05, 3.63) is 33.4 Å². The third-order valence-electron chi connectivity index (χ3n) is 6.80. The summed E-state index contributed by atoms with van der Waals surface area (Å²) in [7, 11) is 2.35. The second-order valence-electron chi connectivity index (χ2n) is 9.32. The fourth-order valence-corrected chi connectivity index (χ4v) is 5.61. The summed E-state index contributed by atoms with van der Waals surface area (Å²) in [5, 5.41) is 5.32. The van der Waals surface area contributed by atoms with E-state index in [1.807, 2.05) is 0 Å². The quantitative estimate of drug-likeness (QED) is 0.352. The molecule has 0 unspecified atom stereocenters. The predicted molar refractivity (Wildman–Crippen MR) is 130 cm³/mol. The highest BCUT2D eigenvalue weighted by Gasteiger charge is 2.54. The van der Waals surface area contributed by atoms with Crippen molar-refractivity contribution in [3.63, 3.8) is 0 Å². The summed E-state index contributed by atoms with van der Waals surface area (Å²) in [6, 6.07) is 0. The van der Waals surface area contributed by atoms with E-state index >= 15 is 0 Å². The van der Waals surface area contributed by atoms with Crippen molar-refractivity contribution < 1.29 is 47.7 Å².